The molecule has 0 heterocycles. The number of carbonyl (C=O) groups excluding carboxylic acids is 1. The summed E-state index contributed by atoms with van der Waals surface area (Å²) in [5, 5.41) is 0. The molecule has 1 rings (SSSR count). The third-order valence-electron chi connectivity index (χ3n) is 2.14. The molecule has 3 heteroatoms. The Morgan fingerprint density at radius 3 is 2.36 bits per heavy atom. The van der Waals surface area contributed by atoms with E-state index in [-0.39, 0.29) is 11.5 Å². The van der Waals surface area contributed by atoms with Gasteiger partial charge >= 0.3 is 0 Å². The fourth-order valence-electron chi connectivity index (χ4n) is 1.09. The number of carbonyl (C=O) groups is 1. The zero-order valence-electron chi connectivity index (χ0n) is 8.53. The molecule has 0 bridgehead atoms. The van der Waals surface area contributed by atoms with Gasteiger partial charge in [-0.3, -0.25) is 4.79 Å². The highest BCUT2D eigenvalue weighted by Crippen LogP contribution is 2.06. The number of Topliss-reactive ketones (excluding diaryl/α,β-unsaturated/α-hetero) is 1. The van der Waals surface area contributed by atoms with Crippen LogP contribution < -0.4 is 0 Å². The summed E-state index contributed by atoms with van der Waals surface area (Å²) in [4.78, 5) is 11.6. The normalized spacial score (nSPS) is 14.7. The average Bonchev–Trinajstić information content (AvgIpc) is 2.19. The second-order valence-electron chi connectivity index (χ2n) is 3.41. The van der Waals surface area contributed by atoms with Crippen LogP contribution in [0.15, 0.2) is 30.3 Å². The van der Waals surface area contributed by atoms with Gasteiger partial charge in [-0.25, -0.2) is 0 Å². The maximum Gasteiger partial charge on any atom is 0.211 e. The molecule has 0 N–H and O–H groups in total. The van der Waals surface area contributed by atoms with Gasteiger partial charge in [-0.05, 0) is 6.92 Å². The van der Waals surface area contributed by atoms with Crippen molar-refractivity contribution in [3.63, 3.8) is 0 Å². The van der Waals surface area contributed by atoms with E-state index in [2.05, 4.69) is 0 Å². The third kappa shape index (κ3) is 3.07. The van der Waals surface area contributed by atoms with Crippen LogP contribution in [-0.2, 0) is 14.1 Å². The number of ketones is 1. The van der Waals surface area contributed by atoms with Gasteiger partial charge in [-0.1, -0.05) is 30.3 Å². The average molecular weight is 211 g/mol. The van der Waals surface area contributed by atoms with Crippen LogP contribution in [0, 0.1) is 0 Å². The number of hydrogen-bond donors (Lipinski definition) is 0. The van der Waals surface area contributed by atoms with Crippen LogP contribution in [0.1, 0.15) is 17.3 Å². The predicted molar refractivity (Wildman–Crippen MR) is 60.2 cm³/mol. The predicted octanol–water partition coefficient (Wildman–Crippen LogP) is 2.02. The third-order valence-corrected chi connectivity index (χ3v) is 4.24. The molecule has 0 aromatic heterocycles. The molecule has 76 valence electrons. The van der Waals surface area contributed by atoms with Crippen LogP contribution in [-0.4, -0.2) is 23.5 Å². The fraction of sp³-hybridized carbons (Fsp3) is 0.364. The van der Waals surface area contributed by atoms with Gasteiger partial charge in [0.25, 0.3) is 0 Å². The summed E-state index contributed by atoms with van der Waals surface area (Å²) in [6.45, 7) is 1.85. The van der Waals surface area contributed by atoms with Gasteiger partial charge in [-0.2, -0.15) is 0 Å². The van der Waals surface area contributed by atoms with Gasteiger partial charge in [0, 0.05) is 5.56 Å². The van der Waals surface area contributed by atoms with Crippen molar-refractivity contribution in [1.82, 2.24) is 0 Å². The second-order valence-corrected chi connectivity index (χ2v) is 6.64. The largest absolute Gasteiger partial charge is 0.289 e. The van der Waals surface area contributed by atoms with Crippen molar-refractivity contribution in [1.29, 1.82) is 0 Å². The Morgan fingerprint density at radius 1 is 1.29 bits per heavy atom. The monoisotopic (exact) mass is 211 g/mol. The Bertz CT molecular complexity index is 357. The molecule has 0 radical (unpaired) electrons. The molecule has 1 aromatic rings. The smallest absolute Gasteiger partial charge is 0.211 e. The molecule has 1 aromatic carbocycles. The molecular formula is C11H15O2S+. The van der Waals surface area contributed by atoms with Gasteiger partial charge < -0.3 is 0 Å². The molecular weight excluding hydrogens is 196 g/mol. The highest BCUT2D eigenvalue weighted by atomic mass is 32.2. The van der Waals surface area contributed by atoms with E-state index in [4.69, 9.17) is 0 Å². The number of benzene rings is 1. The SMILES string of the molecule is CC[S+](C)(=O)CC(=O)c1ccccc1. The summed E-state index contributed by atoms with van der Waals surface area (Å²) in [5.74, 6) is 0.693. The fourth-order valence-corrected chi connectivity index (χ4v) is 2.01. The Balaban J connectivity index is 2.74. The summed E-state index contributed by atoms with van der Waals surface area (Å²) >= 11 is 0. The van der Waals surface area contributed by atoms with E-state index in [0.29, 0.717) is 11.3 Å². The van der Waals surface area contributed by atoms with E-state index in [1.807, 2.05) is 25.1 Å². The Kier molecular flexibility index (Phi) is 3.58. The topological polar surface area (TPSA) is 34.1 Å². The zero-order valence-corrected chi connectivity index (χ0v) is 9.34. The molecule has 1 atom stereocenters. The molecule has 0 fully saturated rings. The molecule has 14 heavy (non-hydrogen) atoms. The van der Waals surface area contributed by atoms with Crippen LogP contribution >= 0.6 is 0 Å². The first-order valence-corrected chi connectivity index (χ1v) is 6.88. The highest BCUT2D eigenvalue weighted by Gasteiger charge is 2.23. The van der Waals surface area contributed by atoms with Crippen molar-refractivity contribution in [2.45, 2.75) is 6.92 Å². The van der Waals surface area contributed by atoms with Gasteiger partial charge in [0.2, 0.25) is 5.78 Å². The van der Waals surface area contributed by atoms with Crippen molar-refractivity contribution < 1.29 is 9.00 Å². The van der Waals surface area contributed by atoms with E-state index in [9.17, 15) is 9.00 Å². The minimum Gasteiger partial charge on any atom is -0.289 e. The standard InChI is InChI=1S/C11H15O2S/c1-3-14(2,13)9-11(12)10-7-5-4-6-8-10/h4-8H,3,9H2,1-2H3/q+1. The van der Waals surface area contributed by atoms with Crippen LogP contribution in [0.5, 0.6) is 0 Å². The van der Waals surface area contributed by atoms with Crippen molar-refractivity contribution in [3.8, 4) is 0 Å². The lowest BCUT2D eigenvalue weighted by Gasteiger charge is -2.03. The van der Waals surface area contributed by atoms with E-state index in [1.54, 1.807) is 18.4 Å². The van der Waals surface area contributed by atoms with Crippen LogP contribution in [0.4, 0.5) is 0 Å². The summed E-state index contributed by atoms with van der Waals surface area (Å²) in [7, 11) is -1.97. The van der Waals surface area contributed by atoms with Crippen LogP contribution in [0.3, 0.4) is 0 Å². The first-order chi connectivity index (χ1) is 6.55. The molecule has 2 nitrogen and oxygen atoms in total. The summed E-state index contributed by atoms with van der Waals surface area (Å²) < 4.78 is 11.7. The summed E-state index contributed by atoms with van der Waals surface area (Å²) in [6, 6.07) is 9.01. The zero-order chi connectivity index (χ0) is 10.6. The van der Waals surface area contributed by atoms with Crippen LogP contribution in [0.25, 0.3) is 0 Å². The van der Waals surface area contributed by atoms with Crippen molar-refractivity contribution >= 4 is 15.7 Å². The molecule has 0 aliphatic heterocycles. The Morgan fingerprint density at radius 2 is 1.86 bits per heavy atom. The number of rotatable bonds is 4. The summed E-state index contributed by atoms with van der Waals surface area (Å²) in [5.41, 5.74) is 0.649. The maximum absolute atomic E-state index is 11.7. The highest BCUT2D eigenvalue weighted by molar-refractivity contribution is 8.02. The lowest BCUT2D eigenvalue weighted by molar-refractivity contribution is 0.102. The number of hydrogen-bond acceptors (Lipinski definition) is 2. The first-order valence-electron chi connectivity index (χ1n) is 4.58. The van der Waals surface area contributed by atoms with Crippen molar-refractivity contribution in [2.24, 2.45) is 0 Å². The quantitative estimate of drug-likeness (QED) is 0.564. The van der Waals surface area contributed by atoms with Crippen molar-refractivity contribution in [2.75, 3.05) is 17.8 Å². The minimum atomic E-state index is -1.97. The molecule has 0 saturated heterocycles. The van der Waals surface area contributed by atoms with Gasteiger partial charge in [0.15, 0.2) is 5.75 Å². The Labute approximate surface area is 85.8 Å². The van der Waals surface area contributed by atoms with E-state index >= 15 is 0 Å². The molecule has 0 aliphatic carbocycles. The van der Waals surface area contributed by atoms with E-state index in [0.717, 1.165) is 0 Å². The molecule has 0 spiro atoms. The lowest BCUT2D eigenvalue weighted by Crippen LogP contribution is -2.23. The summed E-state index contributed by atoms with van der Waals surface area (Å²) in [6.07, 6.45) is 1.66. The van der Waals surface area contributed by atoms with Crippen LogP contribution in [0.2, 0.25) is 0 Å². The second kappa shape index (κ2) is 4.51. The molecule has 0 aliphatic rings. The molecule has 0 amide bonds. The minimum absolute atomic E-state index is 0.0278. The first kappa shape index (κ1) is 11.1. The molecule has 1 unspecified atom stereocenters. The Hall–Kier alpha value is -0.960. The van der Waals surface area contributed by atoms with E-state index < -0.39 is 9.93 Å². The van der Waals surface area contributed by atoms with Gasteiger partial charge in [-0.15, -0.1) is 4.21 Å². The van der Waals surface area contributed by atoms with Gasteiger partial charge in [0.05, 0.1) is 9.93 Å². The maximum atomic E-state index is 11.7. The van der Waals surface area contributed by atoms with Crippen molar-refractivity contribution in [3.05, 3.63) is 35.9 Å². The lowest BCUT2D eigenvalue weighted by atomic mass is 10.2. The van der Waals surface area contributed by atoms with Gasteiger partial charge in [0.1, 0.15) is 12.0 Å². The van der Waals surface area contributed by atoms with E-state index in [1.165, 1.54) is 0 Å². The molecule has 0 saturated carbocycles.